The van der Waals surface area contributed by atoms with Crippen LogP contribution < -0.4 is 5.32 Å². The third kappa shape index (κ3) is 6.28. The van der Waals surface area contributed by atoms with Gasteiger partial charge < -0.3 is 15.0 Å². The Hall–Kier alpha value is -1.34. The van der Waals surface area contributed by atoms with Gasteiger partial charge in [-0.15, -0.1) is 11.3 Å². The molecule has 1 aromatic rings. The number of ether oxygens (including phenoxy) is 1. The molecule has 2 amide bonds. The molecule has 0 bridgehead atoms. The first-order valence-electron chi connectivity index (χ1n) is 7.95. The molecule has 0 aromatic carbocycles. The van der Waals surface area contributed by atoms with Crippen molar-refractivity contribution < 1.29 is 14.3 Å². The number of nitrogens with one attached hydrogen (secondary N) is 1. The maximum atomic E-state index is 12.0. The molecule has 2 heterocycles. The van der Waals surface area contributed by atoms with Gasteiger partial charge in [0.1, 0.15) is 5.60 Å². The van der Waals surface area contributed by atoms with Crippen LogP contribution in [0, 0.1) is 0 Å². The van der Waals surface area contributed by atoms with Crippen molar-refractivity contribution in [3.63, 3.8) is 0 Å². The maximum absolute atomic E-state index is 12.0. The molecule has 1 saturated heterocycles. The number of likely N-dealkylation sites (tertiary alicyclic amines) is 1. The van der Waals surface area contributed by atoms with E-state index in [2.05, 4.69) is 21.2 Å². The molecule has 2 rings (SSSR count). The summed E-state index contributed by atoms with van der Waals surface area (Å²) in [6.45, 7) is 6.77. The smallest absolute Gasteiger partial charge is 0.410 e. The zero-order chi connectivity index (χ0) is 17.7. The van der Waals surface area contributed by atoms with Gasteiger partial charge in [-0.25, -0.2) is 4.79 Å². The van der Waals surface area contributed by atoms with Crippen molar-refractivity contribution in [2.24, 2.45) is 0 Å². The fourth-order valence-corrected chi connectivity index (χ4v) is 3.68. The maximum Gasteiger partial charge on any atom is 0.410 e. The van der Waals surface area contributed by atoms with Crippen LogP contribution in [0.4, 0.5) is 4.79 Å². The van der Waals surface area contributed by atoms with Crippen molar-refractivity contribution in [1.82, 2.24) is 10.2 Å². The number of halogens is 1. The Morgan fingerprint density at radius 3 is 2.54 bits per heavy atom. The normalized spacial score (nSPS) is 16.4. The van der Waals surface area contributed by atoms with Crippen LogP contribution in [0.25, 0.3) is 6.08 Å². The summed E-state index contributed by atoms with van der Waals surface area (Å²) >= 11 is 4.97. The molecule has 0 atom stereocenters. The van der Waals surface area contributed by atoms with E-state index in [1.165, 1.54) is 0 Å². The highest BCUT2D eigenvalue weighted by molar-refractivity contribution is 9.11. The standard InChI is InChI=1S/C17H23BrN2O3S/c1-17(2,3)23-16(22)20-10-8-12(9-11-20)19-15(21)7-5-13-4-6-14(18)24-13/h4-7,12H,8-11H2,1-3H3,(H,19,21)/b7-5+. The van der Waals surface area contributed by atoms with E-state index in [1.54, 1.807) is 28.4 Å². The van der Waals surface area contributed by atoms with Crippen LogP contribution in [0.3, 0.4) is 0 Å². The molecule has 0 spiro atoms. The van der Waals surface area contributed by atoms with Crippen LogP contribution >= 0.6 is 27.3 Å². The van der Waals surface area contributed by atoms with E-state index in [1.807, 2.05) is 32.9 Å². The lowest BCUT2D eigenvalue weighted by molar-refractivity contribution is -0.117. The van der Waals surface area contributed by atoms with E-state index in [0.29, 0.717) is 13.1 Å². The number of amides is 2. The van der Waals surface area contributed by atoms with Crippen molar-refractivity contribution in [2.45, 2.75) is 45.3 Å². The SMILES string of the molecule is CC(C)(C)OC(=O)N1CCC(NC(=O)/C=C/c2ccc(Br)s2)CC1. The molecule has 0 unspecified atom stereocenters. The van der Waals surface area contributed by atoms with Crippen LogP contribution in [0.15, 0.2) is 22.0 Å². The number of rotatable bonds is 3. The number of hydrogen-bond donors (Lipinski definition) is 1. The molecule has 1 aromatic heterocycles. The van der Waals surface area contributed by atoms with Crippen LogP contribution in [0.2, 0.25) is 0 Å². The highest BCUT2D eigenvalue weighted by Gasteiger charge is 2.27. The van der Waals surface area contributed by atoms with Gasteiger partial charge in [-0.2, -0.15) is 0 Å². The fraction of sp³-hybridized carbons (Fsp3) is 0.529. The first-order valence-corrected chi connectivity index (χ1v) is 9.56. The molecule has 0 aliphatic carbocycles. The summed E-state index contributed by atoms with van der Waals surface area (Å²) in [5.41, 5.74) is -0.482. The predicted molar refractivity (Wildman–Crippen MR) is 100 cm³/mol. The van der Waals surface area contributed by atoms with Gasteiger partial charge in [-0.1, -0.05) is 0 Å². The summed E-state index contributed by atoms with van der Waals surface area (Å²) in [5, 5.41) is 2.99. The summed E-state index contributed by atoms with van der Waals surface area (Å²) in [7, 11) is 0. The van der Waals surface area contributed by atoms with Crippen molar-refractivity contribution >= 4 is 45.3 Å². The Morgan fingerprint density at radius 2 is 2.00 bits per heavy atom. The third-order valence-electron chi connectivity index (χ3n) is 3.49. The molecule has 1 fully saturated rings. The lowest BCUT2D eigenvalue weighted by Crippen LogP contribution is -2.47. The van der Waals surface area contributed by atoms with Crippen LogP contribution in [0.1, 0.15) is 38.5 Å². The van der Waals surface area contributed by atoms with E-state index in [0.717, 1.165) is 21.5 Å². The number of carbonyl (C=O) groups is 2. The molecule has 1 aliphatic heterocycles. The first kappa shape index (κ1) is 19.0. The average molecular weight is 415 g/mol. The average Bonchev–Trinajstić information content (AvgIpc) is 2.90. The zero-order valence-electron chi connectivity index (χ0n) is 14.2. The Balaban J connectivity index is 1.75. The van der Waals surface area contributed by atoms with E-state index >= 15 is 0 Å². The van der Waals surface area contributed by atoms with E-state index < -0.39 is 5.60 Å². The lowest BCUT2D eigenvalue weighted by Gasteiger charge is -2.33. The Labute approximate surface area is 155 Å². The van der Waals surface area contributed by atoms with Gasteiger partial charge in [0.2, 0.25) is 5.91 Å². The van der Waals surface area contributed by atoms with Crippen molar-refractivity contribution in [1.29, 1.82) is 0 Å². The molecule has 0 saturated carbocycles. The molecule has 24 heavy (non-hydrogen) atoms. The van der Waals surface area contributed by atoms with Crippen molar-refractivity contribution in [3.05, 3.63) is 26.9 Å². The second-order valence-electron chi connectivity index (χ2n) is 6.73. The van der Waals surface area contributed by atoms with Gasteiger partial charge in [0, 0.05) is 30.1 Å². The third-order valence-corrected chi connectivity index (χ3v) is 5.07. The fourth-order valence-electron chi connectivity index (χ4n) is 2.36. The molecule has 0 radical (unpaired) electrons. The molecular formula is C17H23BrN2O3S. The highest BCUT2D eigenvalue weighted by atomic mass is 79.9. The van der Waals surface area contributed by atoms with Gasteiger partial charge in [0.25, 0.3) is 0 Å². The van der Waals surface area contributed by atoms with Crippen molar-refractivity contribution in [2.75, 3.05) is 13.1 Å². The monoisotopic (exact) mass is 414 g/mol. The largest absolute Gasteiger partial charge is 0.444 e. The summed E-state index contributed by atoms with van der Waals surface area (Å²) in [5.74, 6) is -0.102. The first-order chi connectivity index (χ1) is 11.2. The summed E-state index contributed by atoms with van der Waals surface area (Å²) in [6, 6.07) is 4.00. The van der Waals surface area contributed by atoms with E-state index in [-0.39, 0.29) is 18.0 Å². The minimum Gasteiger partial charge on any atom is -0.444 e. The summed E-state index contributed by atoms with van der Waals surface area (Å²) in [6.07, 6.45) is 4.56. The molecule has 7 heteroatoms. The van der Waals surface area contributed by atoms with E-state index in [4.69, 9.17) is 4.74 Å². The molecule has 1 N–H and O–H groups in total. The van der Waals surface area contributed by atoms with Crippen LogP contribution in [-0.2, 0) is 9.53 Å². The van der Waals surface area contributed by atoms with Gasteiger partial charge in [0.15, 0.2) is 0 Å². The number of nitrogens with zero attached hydrogens (tertiary/aromatic N) is 1. The number of carbonyl (C=O) groups excluding carboxylic acids is 2. The van der Waals surface area contributed by atoms with Gasteiger partial charge in [-0.3, -0.25) is 4.79 Å². The topological polar surface area (TPSA) is 58.6 Å². The van der Waals surface area contributed by atoms with Crippen molar-refractivity contribution in [3.8, 4) is 0 Å². The highest BCUT2D eigenvalue weighted by Crippen LogP contribution is 2.23. The molecule has 1 aliphatic rings. The molecule has 132 valence electrons. The molecule has 5 nitrogen and oxygen atoms in total. The van der Waals surface area contributed by atoms with Gasteiger partial charge in [0.05, 0.1) is 3.79 Å². The minimum absolute atomic E-state index is 0.0934. The van der Waals surface area contributed by atoms with Crippen LogP contribution in [0.5, 0.6) is 0 Å². The van der Waals surface area contributed by atoms with Gasteiger partial charge in [-0.05, 0) is 67.8 Å². The zero-order valence-corrected chi connectivity index (χ0v) is 16.6. The Bertz CT molecular complexity index is 614. The lowest BCUT2D eigenvalue weighted by atomic mass is 10.1. The second kappa shape index (κ2) is 8.16. The Morgan fingerprint density at radius 1 is 1.33 bits per heavy atom. The summed E-state index contributed by atoms with van der Waals surface area (Å²) in [4.78, 5) is 26.7. The number of hydrogen-bond acceptors (Lipinski definition) is 4. The van der Waals surface area contributed by atoms with Crippen LogP contribution in [-0.4, -0.2) is 41.6 Å². The van der Waals surface area contributed by atoms with E-state index in [9.17, 15) is 9.59 Å². The number of thiophene rings is 1. The number of piperidine rings is 1. The second-order valence-corrected chi connectivity index (χ2v) is 9.22. The Kier molecular flexibility index (Phi) is 6.46. The quantitative estimate of drug-likeness (QED) is 0.759. The predicted octanol–water partition coefficient (Wildman–Crippen LogP) is 4.04. The molecular weight excluding hydrogens is 392 g/mol. The summed E-state index contributed by atoms with van der Waals surface area (Å²) < 4.78 is 6.41. The minimum atomic E-state index is -0.482. The van der Waals surface area contributed by atoms with Gasteiger partial charge >= 0.3 is 6.09 Å².